The zero-order valence-electron chi connectivity index (χ0n) is 17.4. The molecule has 0 atom stereocenters. The number of piperazine rings is 1. The Morgan fingerprint density at radius 2 is 1.69 bits per heavy atom. The van der Waals surface area contributed by atoms with E-state index in [1.807, 2.05) is 13.0 Å². The van der Waals surface area contributed by atoms with Gasteiger partial charge in [0.15, 0.2) is 6.54 Å². The van der Waals surface area contributed by atoms with E-state index in [0.717, 1.165) is 32.7 Å². The molecule has 0 spiro atoms. The standard InChI is InChI=1S/C23H30N4O2/c1-3-24-23(29)19-9-6-10-21(15-19)25-22(28)17-27-13-11-26(12-14-27)16-20-8-5-4-7-18(20)2/h4-10,15H,3,11-14,16-17H2,1-2H3,(H,24,29)(H,25,28)/p+2. The van der Waals surface area contributed by atoms with Crippen molar-refractivity contribution < 1.29 is 19.4 Å². The van der Waals surface area contributed by atoms with Crippen LogP contribution in [0.25, 0.3) is 0 Å². The minimum Gasteiger partial charge on any atom is -0.352 e. The fraction of sp³-hybridized carbons (Fsp3) is 0.391. The van der Waals surface area contributed by atoms with Gasteiger partial charge in [-0.3, -0.25) is 9.59 Å². The normalized spacial score (nSPS) is 18.8. The fourth-order valence-corrected chi connectivity index (χ4v) is 3.82. The Morgan fingerprint density at radius 1 is 0.966 bits per heavy atom. The van der Waals surface area contributed by atoms with E-state index in [4.69, 9.17) is 0 Å². The first-order chi connectivity index (χ1) is 14.0. The van der Waals surface area contributed by atoms with Gasteiger partial charge in [-0.1, -0.05) is 30.3 Å². The average Bonchev–Trinajstić information content (AvgIpc) is 2.71. The summed E-state index contributed by atoms with van der Waals surface area (Å²) in [7, 11) is 0. The number of amides is 2. The fourth-order valence-electron chi connectivity index (χ4n) is 3.82. The molecule has 1 aliphatic rings. The summed E-state index contributed by atoms with van der Waals surface area (Å²) in [5.41, 5.74) is 3.99. The second-order valence-electron chi connectivity index (χ2n) is 7.77. The van der Waals surface area contributed by atoms with Crippen molar-refractivity contribution in [2.75, 3.05) is 44.6 Å². The van der Waals surface area contributed by atoms with Crippen LogP contribution in [0.4, 0.5) is 5.69 Å². The SMILES string of the molecule is CCNC(=O)c1cccc(NC(=O)C[NH+]2CC[NH+](Cc3ccccc3C)CC2)c1. The lowest BCUT2D eigenvalue weighted by atomic mass is 10.1. The maximum absolute atomic E-state index is 12.5. The van der Waals surface area contributed by atoms with Crippen LogP contribution in [-0.4, -0.2) is 51.1 Å². The Balaban J connectivity index is 1.46. The van der Waals surface area contributed by atoms with Crippen LogP contribution < -0.4 is 20.4 Å². The molecule has 6 nitrogen and oxygen atoms in total. The number of carbonyl (C=O) groups is 2. The number of hydrogen-bond acceptors (Lipinski definition) is 2. The van der Waals surface area contributed by atoms with Crippen LogP contribution in [0, 0.1) is 6.92 Å². The molecule has 2 amide bonds. The predicted molar refractivity (Wildman–Crippen MR) is 114 cm³/mol. The van der Waals surface area contributed by atoms with Crippen LogP contribution in [-0.2, 0) is 11.3 Å². The first-order valence-corrected chi connectivity index (χ1v) is 10.4. The molecule has 154 valence electrons. The van der Waals surface area contributed by atoms with Crippen LogP contribution >= 0.6 is 0 Å². The minimum atomic E-state index is -0.123. The lowest BCUT2D eigenvalue weighted by Crippen LogP contribution is -3.28. The number of nitrogens with one attached hydrogen (secondary N) is 4. The number of carbonyl (C=O) groups excluding carboxylic acids is 2. The van der Waals surface area contributed by atoms with Crippen LogP contribution in [0.1, 0.15) is 28.4 Å². The Hall–Kier alpha value is -2.70. The molecule has 0 unspecified atom stereocenters. The second-order valence-corrected chi connectivity index (χ2v) is 7.77. The summed E-state index contributed by atoms with van der Waals surface area (Å²) in [6, 6.07) is 15.7. The van der Waals surface area contributed by atoms with E-state index in [2.05, 4.69) is 41.8 Å². The van der Waals surface area contributed by atoms with E-state index >= 15 is 0 Å². The number of aryl methyl sites for hydroxylation is 1. The molecule has 0 saturated carbocycles. The van der Waals surface area contributed by atoms with Gasteiger partial charge in [0, 0.05) is 23.4 Å². The maximum Gasteiger partial charge on any atom is 0.279 e. The molecule has 1 fully saturated rings. The summed E-state index contributed by atoms with van der Waals surface area (Å²) in [5, 5.41) is 5.71. The number of rotatable bonds is 7. The van der Waals surface area contributed by atoms with E-state index in [9.17, 15) is 9.59 Å². The molecule has 0 bridgehead atoms. The van der Waals surface area contributed by atoms with Gasteiger partial charge in [-0.15, -0.1) is 0 Å². The summed E-state index contributed by atoms with van der Waals surface area (Å²) in [5.74, 6) is -0.127. The molecule has 1 heterocycles. The summed E-state index contributed by atoms with van der Waals surface area (Å²) >= 11 is 0. The van der Waals surface area contributed by atoms with E-state index in [1.54, 1.807) is 23.1 Å². The number of anilines is 1. The summed E-state index contributed by atoms with van der Waals surface area (Å²) in [6.07, 6.45) is 0. The molecule has 0 aliphatic carbocycles. The van der Waals surface area contributed by atoms with Crippen LogP contribution in [0.3, 0.4) is 0 Å². The minimum absolute atomic E-state index is 0.00426. The molecule has 2 aromatic rings. The van der Waals surface area contributed by atoms with Gasteiger partial charge in [-0.2, -0.15) is 0 Å². The molecular formula is C23H32N4O2+2. The van der Waals surface area contributed by atoms with Gasteiger partial charge < -0.3 is 20.4 Å². The summed E-state index contributed by atoms with van der Waals surface area (Å²) in [6.45, 7) is 10.3. The monoisotopic (exact) mass is 396 g/mol. The van der Waals surface area contributed by atoms with Crippen molar-refractivity contribution in [2.24, 2.45) is 0 Å². The molecular weight excluding hydrogens is 364 g/mol. The predicted octanol–water partition coefficient (Wildman–Crippen LogP) is -0.333. The summed E-state index contributed by atoms with van der Waals surface area (Å²) in [4.78, 5) is 27.3. The van der Waals surface area contributed by atoms with Crippen molar-refractivity contribution in [2.45, 2.75) is 20.4 Å². The summed E-state index contributed by atoms with van der Waals surface area (Å²) < 4.78 is 0. The van der Waals surface area contributed by atoms with Gasteiger partial charge in [0.1, 0.15) is 32.7 Å². The van der Waals surface area contributed by atoms with Crippen LogP contribution in [0.5, 0.6) is 0 Å². The van der Waals surface area contributed by atoms with Gasteiger partial charge >= 0.3 is 0 Å². The Labute approximate surface area is 172 Å². The topological polar surface area (TPSA) is 67.1 Å². The molecule has 0 aromatic heterocycles. The first-order valence-electron chi connectivity index (χ1n) is 10.4. The third kappa shape index (κ3) is 6.14. The molecule has 2 aromatic carbocycles. The lowest BCUT2D eigenvalue weighted by molar-refractivity contribution is -1.02. The molecule has 3 rings (SSSR count). The Morgan fingerprint density at radius 3 is 2.41 bits per heavy atom. The van der Waals surface area contributed by atoms with Crippen molar-refractivity contribution in [3.8, 4) is 0 Å². The largest absolute Gasteiger partial charge is 0.352 e. The van der Waals surface area contributed by atoms with E-state index in [-0.39, 0.29) is 11.8 Å². The Kier molecular flexibility index (Phi) is 7.38. The van der Waals surface area contributed by atoms with E-state index in [1.165, 1.54) is 16.0 Å². The van der Waals surface area contributed by atoms with Gasteiger partial charge in [0.05, 0.1) is 0 Å². The van der Waals surface area contributed by atoms with Crippen molar-refractivity contribution in [1.29, 1.82) is 0 Å². The van der Waals surface area contributed by atoms with Gasteiger partial charge in [0.2, 0.25) is 0 Å². The highest BCUT2D eigenvalue weighted by molar-refractivity contribution is 5.97. The van der Waals surface area contributed by atoms with Gasteiger partial charge in [-0.05, 0) is 37.6 Å². The third-order valence-electron chi connectivity index (χ3n) is 5.52. The molecule has 29 heavy (non-hydrogen) atoms. The van der Waals surface area contributed by atoms with E-state index in [0.29, 0.717) is 24.3 Å². The maximum atomic E-state index is 12.5. The van der Waals surface area contributed by atoms with Crippen molar-refractivity contribution in [3.05, 3.63) is 65.2 Å². The number of quaternary nitrogens is 2. The number of benzene rings is 2. The molecule has 1 saturated heterocycles. The van der Waals surface area contributed by atoms with Crippen LogP contribution in [0.2, 0.25) is 0 Å². The van der Waals surface area contributed by atoms with Crippen LogP contribution in [0.15, 0.2) is 48.5 Å². The smallest absolute Gasteiger partial charge is 0.279 e. The third-order valence-corrected chi connectivity index (χ3v) is 5.52. The second kappa shape index (κ2) is 10.2. The molecule has 0 radical (unpaired) electrons. The highest BCUT2D eigenvalue weighted by Gasteiger charge is 2.25. The number of hydrogen-bond donors (Lipinski definition) is 4. The van der Waals surface area contributed by atoms with Gasteiger partial charge in [0.25, 0.3) is 11.8 Å². The first kappa shape index (κ1) is 21.0. The molecule has 1 aliphatic heterocycles. The quantitative estimate of drug-likeness (QED) is 0.518. The molecule has 4 N–H and O–H groups in total. The van der Waals surface area contributed by atoms with E-state index < -0.39 is 0 Å². The lowest BCUT2D eigenvalue weighted by Gasteiger charge is -2.29. The van der Waals surface area contributed by atoms with Crippen molar-refractivity contribution in [3.63, 3.8) is 0 Å². The highest BCUT2D eigenvalue weighted by Crippen LogP contribution is 2.10. The molecule has 6 heteroatoms. The zero-order valence-corrected chi connectivity index (χ0v) is 17.4. The zero-order chi connectivity index (χ0) is 20.6. The van der Waals surface area contributed by atoms with Gasteiger partial charge in [-0.25, -0.2) is 0 Å². The Bertz CT molecular complexity index is 844. The average molecular weight is 397 g/mol. The highest BCUT2D eigenvalue weighted by atomic mass is 16.2. The van der Waals surface area contributed by atoms with Crippen molar-refractivity contribution in [1.82, 2.24) is 5.32 Å². The van der Waals surface area contributed by atoms with Crippen molar-refractivity contribution >= 4 is 17.5 Å².